The van der Waals surface area contributed by atoms with Crippen molar-refractivity contribution in [2.24, 2.45) is 0 Å². The highest BCUT2D eigenvalue weighted by molar-refractivity contribution is 7.18. The largest absolute Gasteiger partial charge is 0.480 e. The van der Waals surface area contributed by atoms with E-state index >= 15 is 0 Å². The summed E-state index contributed by atoms with van der Waals surface area (Å²) in [6, 6.07) is 6.94. The van der Waals surface area contributed by atoms with Crippen molar-refractivity contribution in [2.75, 3.05) is 0 Å². The summed E-state index contributed by atoms with van der Waals surface area (Å²) in [5.74, 6) is -1.30. The van der Waals surface area contributed by atoms with E-state index in [2.05, 4.69) is 10.3 Å². The smallest absolute Gasteiger partial charge is 0.325 e. The molecule has 0 aliphatic carbocycles. The first-order chi connectivity index (χ1) is 9.06. The molecule has 1 atom stereocenters. The molecule has 0 aliphatic heterocycles. The first-order valence-electron chi connectivity index (χ1n) is 5.93. The van der Waals surface area contributed by atoms with Gasteiger partial charge in [-0.15, -0.1) is 11.3 Å². The molecule has 1 aromatic carbocycles. The zero-order valence-electron chi connectivity index (χ0n) is 10.4. The summed E-state index contributed by atoms with van der Waals surface area (Å²) in [5.41, 5.74) is 0.932. The number of thiazole rings is 1. The molecule has 0 bridgehead atoms. The Morgan fingerprint density at radius 2 is 2.16 bits per heavy atom. The van der Waals surface area contributed by atoms with Crippen LogP contribution in [0.15, 0.2) is 24.3 Å². The fourth-order valence-corrected chi connectivity index (χ4v) is 2.59. The minimum Gasteiger partial charge on any atom is -0.480 e. The molecule has 2 rings (SSSR count). The van der Waals surface area contributed by atoms with Crippen LogP contribution < -0.4 is 5.32 Å². The number of rotatable bonds is 5. The topological polar surface area (TPSA) is 79.3 Å². The van der Waals surface area contributed by atoms with Crippen LogP contribution in [0.4, 0.5) is 0 Å². The van der Waals surface area contributed by atoms with Gasteiger partial charge in [0.05, 0.1) is 15.2 Å². The predicted molar refractivity (Wildman–Crippen MR) is 73.2 cm³/mol. The Bertz CT molecular complexity index is 576. The normalized spacial score (nSPS) is 12.3. The minimum absolute atomic E-state index is 0.247. The fourth-order valence-electron chi connectivity index (χ4n) is 1.62. The Hall–Kier alpha value is -1.95. The van der Waals surface area contributed by atoms with E-state index < -0.39 is 12.0 Å². The second-order valence-electron chi connectivity index (χ2n) is 4.20. The number of nitrogens with one attached hydrogen (secondary N) is 1. The van der Waals surface area contributed by atoms with Gasteiger partial charge in [-0.05, 0) is 19.1 Å². The van der Waals surface area contributed by atoms with Gasteiger partial charge < -0.3 is 10.4 Å². The van der Waals surface area contributed by atoms with Gasteiger partial charge in [-0.25, -0.2) is 4.98 Å². The Labute approximate surface area is 114 Å². The first-order valence-corrected chi connectivity index (χ1v) is 6.74. The van der Waals surface area contributed by atoms with Gasteiger partial charge in [0.15, 0.2) is 0 Å². The van der Waals surface area contributed by atoms with Crippen LogP contribution in [0.5, 0.6) is 0 Å². The van der Waals surface area contributed by atoms with Gasteiger partial charge in [-0.1, -0.05) is 12.1 Å². The maximum atomic E-state index is 11.5. The van der Waals surface area contributed by atoms with Crippen molar-refractivity contribution in [3.63, 3.8) is 0 Å². The lowest BCUT2D eigenvalue weighted by atomic mass is 10.2. The molecule has 0 saturated carbocycles. The van der Waals surface area contributed by atoms with Crippen molar-refractivity contribution >= 4 is 33.4 Å². The van der Waals surface area contributed by atoms with Crippen LogP contribution in [-0.2, 0) is 16.0 Å². The SMILES string of the molecule is C[C@@H](NC(=O)CCc1nc2ccccc2s1)C(=O)O. The number of carboxylic acid groups (broad SMARTS) is 1. The molecular weight excluding hydrogens is 264 g/mol. The highest BCUT2D eigenvalue weighted by Gasteiger charge is 2.14. The van der Waals surface area contributed by atoms with Crippen molar-refractivity contribution in [2.45, 2.75) is 25.8 Å². The van der Waals surface area contributed by atoms with E-state index in [0.29, 0.717) is 6.42 Å². The summed E-state index contributed by atoms with van der Waals surface area (Å²) in [7, 11) is 0. The predicted octanol–water partition coefficient (Wildman–Crippen LogP) is 1.82. The van der Waals surface area contributed by atoms with Gasteiger partial charge in [-0.2, -0.15) is 0 Å². The molecule has 2 aromatic rings. The average Bonchev–Trinajstić information content (AvgIpc) is 2.78. The molecule has 0 radical (unpaired) electrons. The Morgan fingerprint density at radius 3 is 2.84 bits per heavy atom. The van der Waals surface area contributed by atoms with E-state index in [1.165, 1.54) is 6.92 Å². The van der Waals surface area contributed by atoms with Gasteiger partial charge in [0.1, 0.15) is 6.04 Å². The lowest BCUT2D eigenvalue weighted by Crippen LogP contribution is -2.38. The Kier molecular flexibility index (Phi) is 4.11. The number of hydrogen-bond donors (Lipinski definition) is 2. The minimum atomic E-state index is -1.03. The van der Waals surface area contributed by atoms with Crippen molar-refractivity contribution in [1.29, 1.82) is 0 Å². The first kappa shape index (κ1) is 13.5. The number of carbonyl (C=O) groups excluding carboxylic acids is 1. The van der Waals surface area contributed by atoms with E-state index in [-0.39, 0.29) is 12.3 Å². The van der Waals surface area contributed by atoms with Gasteiger partial charge in [0.2, 0.25) is 5.91 Å². The fraction of sp³-hybridized carbons (Fsp3) is 0.308. The molecule has 5 nitrogen and oxygen atoms in total. The van der Waals surface area contributed by atoms with Crippen LogP contribution in [-0.4, -0.2) is 28.0 Å². The molecule has 1 heterocycles. The van der Waals surface area contributed by atoms with E-state index in [4.69, 9.17) is 5.11 Å². The van der Waals surface area contributed by atoms with Crippen LogP contribution in [0.3, 0.4) is 0 Å². The maximum Gasteiger partial charge on any atom is 0.325 e. The summed E-state index contributed by atoms with van der Waals surface area (Å²) in [4.78, 5) is 26.6. The highest BCUT2D eigenvalue weighted by Crippen LogP contribution is 2.22. The van der Waals surface area contributed by atoms with Crippen molar-refractivity contribution < 1.29 is 14.7 Å². The number of aliphatic carboxylic acids is 1. The number of nitrogens with zero attached hydrogens (tertiary/aromatic N) is 1. The standard InChI is InChI=1S/C13H14N2O3S/c1-8(13(17)18)14-11(16)6-7-12-15-9-4-2-3-5-10(9)19-12/h2-5,8H,6-7H2,1H3,(H,14,16)(H,17,18)/t8-/m1/s1. The number of hydrogen-bond acceptors (Lipinski definition) is 4. The molecule has 0 unspecified atom stereocenters. The number of carboxylic acids is 1. The average molecular weight is 278 g/mol. The third-order valence-electron chi connectivity index (χ3n) is 2.65. The third-order valence-corrected chi connectivity index (χ3v) is 3.75. The zero-order valence-corrected chi connectivity index (χ0v) is 11.2. The van der Waals surface area contributed by atoms with Crippen LogP contribution in [0, 0.1) is 0 Å². The molecule has 0 spiro atoms. The number of para-hydroxylation sites is 1. The summed E-state index contributed by atoms with van der Waals surface area (Å²) in [6.45, 7) is 1.44. The molecule has 2 N–H and O–H groups in total. The maximum absolute atomic E-state index is 11.5. The van der Waals surface area contributed by atoms with Gasteiger partial charge in [0.25, 0.3) is 0 Å². The molecule has 0 aliphatic rings. The van der Waals surface area contributed by atoms with Crippen molar-refractivity contribution in [1.82, 2.24) is 10.3 Å². The van der Waals surface area contributed by atoms with E-state index in [0.717, 1.165) is 15.2 Å². The molecule has 1 aromatic heterocycles. The van der Waals surface area contributed by atoms with Gasteiger partial charge in [0, 0.05) is 12.8 Å². The molecule has 0 saturated heterocycles. The van der Waals surface area contributed by atoms with Crippen LogP contribution in [0.2, 0.25) is 0 Å². The number of carbonyl (C=O) groups is 2. The monoisotopic (exact) mass is 278 g/mol. The third kappa shape index (κ3) is 3.51. The van der Waals surface area contributed by atoms with Crippen LogP contribution >= 0.6 is 11.3 Å². The number of amides is 1. The van der Waals surface area contributed by atoms with E-state index in [9.17, 15) is 9.59 Å². The van der Waals surface area contributed by atoms with E-state index in [1.807, 2.05) is 24.3 Å². The number of fused-ring (bicyclic) bond motifs is 1. The quantitative estimate of drug-likeness (QED) is 0.874. The van der Waals surface area contributed by atoms with Gasteiger partial charge in [-0.3, -0.25) is 9.59 Å². The van der Waals surface area contributed by atoms with Crippen molar-refractivity contribution in [3.8, 4) is 0 Å². The van der Waals surface area contributed by atoms with Crippen LogP contribution in [0.25, 0.3) is 10.2 Å². The zero-order chi connectivity index (χ0) is 13.8. The van der Waals surface area contributed by atoms with E-state index in [1.54, 1.807) is 11.3 Å². The molecule has 0 fully saturated rings. The number of aromatic nitrogens is 1. The number of aryl methyl sites for hydroxylation is 1. The van der Waals surface area contributed by atoms with Crippen molar-refractivity contribution in [3.05, 3.63) is 29.3 Å². The summed E-state index contributed by atoms with van der Waals surface area (Å²) in [6.07, 6.45) is 0.773. The highest BCUT2D eigenvalue weighted by atomic mass is 32.1. The van der Waals surface area contributed by atoms with Crippen LogP contribution in [0.1, 0.15) is 18.4 Å². The summed E-state index contributed by atoms with van der Waals surface area (Å²) < 4.78 is 1.09. The van der Waals surface area contributed by atoms with Gasteiger partial charge >= 0.3 is 5.97 Å². The summed E-state index contributed by atoms with van der Waals surface area (Å²) in [5, 5.41) is 12.0. The lowest BCUT2D eigenvalue weighted by molar-refractivity contribution is -0.141. The molecule has 19 heavy (non-hydrogen) atoms. The Balaban J connectivity index is 1.91. The molecule has 100 valence electrons. The number of benzene rings is 1. The second kappa shape index (κ2) is 5.79. The molecule has 1 amide bonds. The lowest BCUT2D eigenvalue weighted by Gasteiger charge is -2.08. The summed E-state index contributed by atoms with van der Waals surface area (Å²) >= 11 is 1.56. The molecular formula is C13H14N2O3S. The Morgan fingerprint density at radius 1 is 1.42 bits per heavy atom. The molecule has 6 heteroatoms. The second-order valence-corrected chi connectivity index (χ2v) is 5.32.